The minimum Gasteiger partial charge on any atom is -0.466 e. The molecule has 0 aromatic rings. The number of amides is 1. The van der Waals surface area contributed by atoms with Crippen LogP contribution in [0.3, 0.4) is 0 Å². The number of hydrogen-bond acceptors (Lipinski definition) is 5. The molecular formula is C15H28N4O4. The Hall–Kier alpha value is -1.95. The largest absolute Gasteiger partial charge is 0.466 e. The Morgan fingerprint density at radius 2 is 1.91 bits per heavy atom. The summed E-state index contributed by atoms with van der Waals surface area (Å²) in [4.78, 5) is 26.5. The highest BCUT2D eigenvalue weighted by molar-refractivity contribution is 5.71. The van der Waals surface area contributed by atoms with Crippen molar-refractivity contribution in [3.05, 3.63) is 10.4 Å². The maximum absolute atomic E-state index is 12.0. The Labute approximate surface area is 137 Å². The molecule has 0 aliphatic carbocycles. The monoisotopic (exact) mass is 328 g/mol. The Kier molecular flexibility index (Phi) is 9.10. The van der Waals surface area contributed by atoms with E-state index in [-0.39, 0.29) is 18.9 Å². The van der Waals surface area contributed by atoms with Crippen molar-refractivity contribution in [1.82, 2.24) is 5.32 Å². The van der Waals surface area contributed by atoms with Crippen LogP contribution in [0.25, 0.3) is 10.4 Å². The summed E-state index contributed by atoms with van der Waals surface area (Å²) in [5.41, 5.74) is 8.11. The van der Waals surface area contributed by atoms with Gasteiger partial charge >= 0.3 is 12.1 Å². The number of carbonyl (C=O) groups excluding carboxylic acids is 2. The van der Waals surface area contributed by atoms with Crippen LogP contribution in [0.2, 0.25) is 0 Å². The van der Waals surface area contributed by atoms with Gasteiger partial charge in [-0.3, -0.25) is 4.79 Å². The number of ether oxygens (including phenoxy) is 2. The van der Waals surface area contributed by atoms with E-state index in [9.17, 15) is 9.59 Å². The molecule has 132 valence electrons. The summed E-state index contributed by atoms with van der Waals surface area (Å²) in [7, 11) is 0. The number of alkyl carbamates (subject to hydrolysis) is 1. The highest BCUT2D eigenvalue weighted by atomic mass is 16.6. The maximum Gasteiger partial charge on any atom is 0.407 e. The van der Waals surface area contributed by atoms with E-state index in [1.807, 2.05) is 13.8 Å². The van der Waals surface area contributed by atoms with E-state index in [4.69, 9.17) is 15.0 Å². The molecule has 0 saturated heterocycles. The Bertz CT molecular complexity index is 439. The molecule has 8 heteroatoms. The van der Waals surface area contributed by atoms with Crippen molar-refractivity contribution in [1.29, 1.82) is 0 Å². The number of rotatable bonds is 8. The van der Waals surface area contributed by atoms with Gasteiger partial charge in [0.1, 0.15) is 5.60 Å². The molecule has 8 nitrogen and oxygen atoms in total. The van der Waals surface area contributed by atoms with Crippen molar-refractivity contribution in [2.75, 3.05) is 6.61 Å². The number of azide groups is 1. The van der Waals surface area contributed by atoms with Crippen LogP contribution in [0, 0.1) is 5.92 Å². The predicted octanol–water partition coefficient (Wildman–Crippen LogP) is 3.56. The molecule has 1 N–H and O–H groups in total. The minimum atomic E-state index is -0.728. The van der Waals surface area contributed by atoms with E-state index >= 15 is 0 Å². The van der Waals surface area contributed by atoms with Crippen molar-refractivity contribution in [2.24, 2.45) is 11.0 Å². The van der Waals surface area contributed by atoms with E-state index in [1.165, 1.54) is 0 Å². The molecule has 0 unspecified atom stereocenters. The van der Waals surface area contributed by atoms with Gasteiger partial charge in [-0.15, -0.1) is 0 Å². The zero-order valence-corrected chi connectivity index (χ0v) is 14.8. The molecule has 0 heterocycles. The van der Waals surface area contributed by atoms with E-state index in [0.29, 0.717) is 6.42 Å². The summed E-state index contributed by atoms with van der Waals surface area (Å²) in [6, 6.07) is -1.24. The van der Waals surface area contributed by atoms with Crippen molar-refractivity contribution < 1.29 is 19.1 Å². The van der Waals surface area contributed by atoms with Gasteiger partial charge < -0.3 is 14.8 Å². The molecule has 0 rings (SSSR count). The van der Waals surface area contributed by atoms with Gasteiger partial charge in [0, 0.05) is 11.0 Å². The number of carbonyl (C=O) groups is 2. The zero-order valence-electron chi connectivity index (χ0n) is 14.8. The van der Waals surface area contributed by atoms with E-state index < -0.39 is 29.7 Å². The fourth-order valence-electron chi connectivity index (χ4n) is 2.00. The summed E-state index contributed by atoms with van der Waals surface area (Å²) in [6.07, 6.45) is -0.155. The van der Waals surface area contributed by atoms with Gasteiger partial charge in [-0.2, -0.15) is 0 Å². The lowest BCUT2D eigenvalue weighted by atomic mass is 9.96. The molecule has 0 bridgehead atoms. The molecule has 0 aliphatic rings. The van der Waals surface area contributed by atoms with Crippen LogP contribution >= 0.6 is 0 Å². The number of nitrogens with one attached hydrogen (secondary N) is 1. The highest BCUT2D eigenvalue weighted by Gasteiger charge is 2.28. The molecule has 2 atom stereocenters. The fraction of sp³-hybridized carbons (Fsp3) is 0.867. The zero-order chi connectivity index (χ0) is 18.0. The Balaban J connectivity index is 5.09. The van der Waals surface area contributed by atoms with Gasteiger partial charge in [-0.05, 0) is 45.6 Å². The lowest BCUT2D eigenvalue weighted by molar-refractivity contribution is -0.143. The van der Waals surface area contributed by atoms with Gasteiger partial charge in [-0.25, -0.2) is 4.79 Å². The summed E-state index contributed by atoms with van der Waals surface area (Å²) in [5, 5.41) is 6.36. The first-order valence-corrected chi connectivity index (χ1v) is 7.78. The smallest absolute Gasteiger partial charge is 0.407 e. The van der Waals surface area contributed by atoms with Gasteiger partial charge in [0.15, 0.2) is 0 Å². The molecule has 1 amide bonds. The second-order valence-corrected chi connectivity index (χ2v) is 6.66. The van der Waals surface area contributed by atoms with Crippen LogP contribution in [0.4, 0.5) is 4.79 Å². The first-order chi connectivity index (χ1) is 10.6. The third-order valence-corrected chi connectivity index (χ3v) is 2.77. The second kappa shape index (κ2) is 9.94. The molecule has 23 heavy (non-hydrogen) atoms. The van der Waals surface area contributed by atoms with Crippen LogP contribution in [0.1, 0.15) is 54.4 Å². The maximum atomic E-state index is 12.0. The van der Waals surface area contributed by atoms with Gasteiger partial charge in [0.05, 0.1) is 19.1 Å². The molecule has 0 fully saturated rings. The van der Waals surface area contributed by atoms with Crippen LogP contribution in [-0.4, -0.2) is 36.4 Å². The van der Waals surface area contributed by atoms with Crippen LogP contribution in [0.15, 0.2) is 5.11 Å². The first-order valence-electron chi connectivity index (χ1n) is 7.78. The summed E-state index contributed by atoms with van der Waals surface area (Å²) < 4.78 is 10.1. The van der Waals surface area contributed by atoms with Crippen LogP contribution < -0.4 is 5.32 Å². The summed E-state index contributed by atoms with van der Waals surface area (Å²) >= 11 is 0. The van der Waals surface area contributed by atoms with Crippen molar-refractivity contribution >= 4 is 12.1 Å². The van der Waals surface area contributed by atoms with Gasteiger partial charge in [0.25, 0.3) is 0 Å². The van der Waals surface area contributed by atoms with E-state index in [2.05, 4.69) is 15.3 Å². The number of esters is 1. The molecular weight excluding hydrogens is 300 g/mol. The van der Waals surface area contributed by atoms with E-state index in [0.717, 1.165) is 0 Å². The average Bonchev–Trinajstić information content (AvgIpc) is 2.34. The van der Waals surface area contributed by atoms with Crippen LogP contribution in [0.5, 0.6) is 0 Å². The lowest BCUT2D eigenvalue weighted by Crippen LogP contribution is -2.46. The standard InChI is InChI=1S/C15H28N4O4/c1-7-22-13(20)9-12(18-19-16)11(8-10(2)3)17-14(21)23-15(4,5)6/h10-12H,7-9H2,1-6H3,(H,17,21)/t11-,12-/m0/s1. The summed E-state index contributed by atoms with van der Waals surface area (Å²) in [5.74, 6) is -0.238. The van der Waals surface area contributed by atoms with Crippen molar-refractivity contribution in [3.63, 3.8) is 0 Å². The Morgan fingerprint density at radius 1 is 1.30 bits per heavy atom. The molecule has 0 aliphatic heterocycles. The van der Waals surface area contributed by atoms with Gasteiger partial charge in [0.2, 0.25) is 0 Å². The molecule has 0 aromatic heterocycles. The minimum absolute atomic E-state index is 0.0922. The van der Waals surface area contributed by atoms with E-state index in [1.54, 1.807) is 27.7 Å². The third-order valence-electron chi connectivity index (χ3n) is 2.77. The topological polar surface area (TPSA) is 113 Å². The Morgan fingerprint density at radius 3 is 2.35 bits per heavy atom. The predicted molar refractivity (Wildman–Crippen MR) is 86.8 cm³/mol. The fourth-order valence-corrected chi connectivity index (χ4v) is 2.00. The SMILES string of the molecule is CCOC(=O)C[C@H](N=[N+]=[N-])[C@H](CC(C)C)NC(=O)OC(C)(C)C. The van der Waals surface area contributed by atoms with Crippen LogP contribution in [-0.2, 0) is 14.3 Å². The highest BCUT2D eigenvalue weighted by Crippen LogP contribution is 2.16. The van der Waals surface area contributed by atoms with Crippen molar-refractivity contribution in [2.45, 2.75) is 72.1 Å². The average molecular weight is 328 g/mol. The molecule has 0 spiro atoms. The summed E-state index contributed by atoms with van der Waals surface area (Å²) in [6.45, 7) is 11.2. The quantitative estimate of drug-likeness (QED) is 0.317. The molecule has 0 saturated carbocycles. The molecule has 0 radical (unpaired) electrons. The van der Waals surface area contributed by atoms with Gasteiger partial charge in [-0.1, -0.05) is 19.0 Å². The normalized spacial score (nSPS) is 13.7. The second-order valence-electron chi connectivity index (χ2n) is 6.66. The lowest BCUT2D eigenvalue weighted by Gasteiger charge is -2.27. The van der Waals surface area contributed by atoms with Crippen molar-refractivity contribution in [3.8, 4) is 0 Å². The third kappa shape index (κ3) is 10.4. The first kappa shape index (κ1) is 21.0. The number of hydrogen-bond donors (Lipinski definition) is 1. The molecule has 0 aromatic carbocycles. The number of nitrogens with zero attached hydrogens (tertiary/aromatic N) is 3.